The molecule has 0 aromatic heterocycles. The van der Waals surface area contributed by atoms with Gasteiger partial charge in [0.1, 0.15) is 11.6 Å². The molecule has 0 aliphatic heterocycles. The molecule has 0 heterocycles. The predicted octanol–water partition coefficient (Wildman–Crippen LogP) is 4.49. The molecule has 0 saturated carbocycles. The predicted molar refractivity (Wildman–Crippen MR) is 78.5 cm³/mol. The van der Waals surface area contributed by atoms with E-state index in [2.05, 4.69) is 15.9 Å². The summed E-state index contributed by atoms with van der Waals surface area (Å²) in [6, 6.07) is 9.25. The lowest BCUT2D eigenvalue weighted by Crippen LogP contribution is -2.24. The quantitative estimate of drug-likeness (QED) is 0.872. The number of aryl methyl sites for hydroxylation is 1. The average molecular weight is 341 g/mol. The third-order valence-electron chi connectivity index (χ3n) is 3.33. The van der Waals surface area contributed by atoms with Gasteiger partial charge >= 0.3 is 0 Å². The molecular weight excluding hydrogens is 326 g/mol. The highest BCUT2D eigenvalue weighted by Gasteiger charge is 2.24. The summed E-state index contributed by atoms with van der Waals surface area (Å²) in [7, 11) is 0. The molecule has 1 unspecified atom stereocenters. The van der Waals surface area contributed by atoms with Crippen LogP contribution in [0.25, 0.3) is 0 Å². The zero-order chi connectivity index (χ0) is 14.9. The number of halogens is 3. The Labute approximate surface area is 125 Å². The first-order valence-corrected chi connectivity index (χ1v) is 7.02. The molecule has 1 atom stereocenters. The van der Waals surface area contributed by atoms with Crippen LogP contribution in [-0.4, -0.2) is 5.11 Å². The van der Waals surface area contributed by atoms with Crippen molar-refractivity contribution in [3.05, 3.63) is 69.2 Å². The maximum atomic E-state index is 13.6. The van der Waals surface area contributed by atoms with E-state index in [-0.39, 0.29) is 18.1 Å². The van der Waals surface area contributed by atoms with E-state index in [4.69, 9.17) is 0 Å². The van der Waals surface area contributed by atoms with Gasteiger partial charge in [-0.15, -0.1) is 0 Å². The van der Waals surface area contributed by atoms with Crippen LogP contribution in [0.4, 0.5) is 8.78 Å². The zero-order valence-electron chi connectivity index (χ0n) is 11.3. The Bertz CT molecular complexity index is 638. The standard InChI is InChI=1S/C16H15BrF2O/c1-10-3-5-12(8-15(10)19)16(2,20)9-11-4-6-14(18)13(17)7-11/h3-8,20H,9H2,1-2H3. The third-order valence-corrected chi connectivity index (χ3v) is 3.93. The van der Waals surface area contributed by atoms with Crippen LogP contribution in [0.5, 0.6) is 0 Å². The maximum absolute atomic E-state index is 13.6. The second-order valence-electron chi connectivity index (χ2n) is 5.16. The highest BCUT2D eigenvalue weighted by Crippen LogP contribution is 2.28. The molecule has 106 valence electrons. The van der Waals surface area contributed by atoms with Gasteiger partial charge in [0.05, 0.1) is 10.1 Å². The lowest BCUT2D eigenvalue weighted by molar-refractivity contribution is 0.0572. The third kappa shape index (κ3) is 3.25. The van der Waals surface area contributed by atoms with Gasteiger partial charge in [-0.3, -0.25) is 0 Å². The van der Waals surface area contributed by atoms with Crippen molar-refractivity contribution in [2.24, 2.45) is 0 Å². The fourth-order valence-electron chi connectivity index (χ4n) is 2.08. The number of hydrogen-bond donors (Lipinski definition) is 1. The Morgan fingerprint density at radius 1 is 1.10 bits per heavy atom. The van der Waals surface area contributed by atoms with Gasteiger partial charge in [-0.1, -0.05) is 18.2 Å². The lowest BCUT2D eigenvalue weighted by atomic mass is 9.88. The van der Waals surface area contributed by atoms with Crippen LogP contribution in [0.2, 0.25) is 0 Å². The summed E-state index contributed by atoms with van der Waals surface area (Å²) in [4.78, 5) is 0. The Morgan fingerprint density at radius 2 is 1.80 bits per heavy atom. The molecule has 2 aromatic rings. The second kappa shape index (κ2) is 5.62. The van der Waals surface area contributed by atoms with E-state index in [9.17, 15) is 13.9 Å². The molecule has 1 nitrogen and oxygen atoms in total. The minimum atomic E-state index is -1.22. The van der Waals surface area contributed by atoms with E-state index >= 15 is 0 Å². The van der Waals surface area contributed by atoms with E-state index in [1.54, 1.807) is 38.1 Å². The summed E-state index contributed by atoms with van der Waals surface area (Å²) in [6.07, 6.45) is 0.272. The molecular formula is C16H15BrF2O. The van der Waals surface area contributed by atoms with Gasteiger partial charge < -0.3 is 5.11 Å². The van der Waals surface area contributed by atoms with Crippen molar-refractivity contribution in [1.29, 1.82) is 0 Å². The summed E-state index contributed by atoms with van der Waals surface area (Å²) in [5.41, 5.74) is 0.589. The van der Waals surface area contributed by atoms with Crippen LogP contribution in [0.3, 0.4) is 0 Å². The number of hydrogen-bond acceptors (Lipinski definition) is 1. The van der Waals surface area contributed by atoms with Gasteiger partial charge in [0.25, 0.3) is 0 Å². The van der Waals surface area contributed by atoms with Crippen LogP contribution >= 0.6 is 15.9 Å². The number of aliphatic hydroxyl groups is 1. The van der Waals surface area contributed by atoms with Crippen LogP contribution in [0.1, 0.15) is 23.6 Å². The van der Waals surface area contributed by atoms with Crippen molar-refractivity contribution >= 4 is 15.9 Å². The summed E-state index contributed by atoms with van der Waals surface area (Å²) in [6.45, 7) is 3.29. The first-order valence-electron chi connectivity index (χ1n) is 6.22. The van der Waals surface area contributed by atoms with Gasteiger partial charge in [0.2, 0.25) is 0 Å². The molecule has 2 rings (SSSR count). The van der Waals surface area contributed by atoms with E-state index in [1.807, 2.05) is 0 Å². The van der Waals surface area contributed by atoms with E-state index < -0.39 is 5.60 Å². The molecule has 0 saturated heterocycles. The largest absolute Gasteiger partial charge is 0.385 e. The normalized spacial score (nSPS) is 14.1. The van der Waals surface area contributed by atoms with Gasteiger partial charge in [0.15, 0.2) is 0 Å². The average Bonchev–Trinajstić information content (AvgIpc) is 2.37. The van der Waals surface area contributed by atoms with Gasteiger partial charge in [-0.25, -0.2) is 8.78 Å². The summed E-state index contributed by atoms with van der Waals surface area (Å²) < 4.78 is 27.1. The maximum Gasteiger partial charge on any atom is 0.137 e. The minimum Gasteiger partial charge on any atom is -0.385 e. The smallest absolute Gasteiger partial charge is 0.137 e. The summed E-state index contributed by atoms with van der Waals surface area (Å²) in [5.74, 6) is -0.696. The fraction of sp³-hybridized carbons (Fsp3) is 0.250. The molecule has 20 heavy (non-hydrogen) atoms. The Balaban J connectivity index is 2.29. The molecule has 0 radical (unpaired) electrons. The molecule has 2 aromatic carbocycles. The van der Waals surface area contributed by atoms with E-state index in [0.29, 0.717) is 15.6 Å². The monoisotopic (exact) mass is 340 g/mol. The highest BCUT2D eigenvalue weighted by molar-refractivity contribution is 9.10. The Morgan fingerprint density at radius 3 is 2.40 bits per heavy atom. The first kappa shape index (κ1) is 15.1. The molecule has 1 N–H and O–H groups in total. The van der Waals surface area contributed by atoms with Gasteiger partial charge in [0, 0.05) is 6.42 Å². The van der Waals surface area contributed by atoms with Crippen LogP contribution in [0, 0.1) is 18.6 Å². The molecule has 0 aliphatic rings. The Hall–Kier alpha value is -1.26. The van der Waals surface area contributed by atoms with Crippen LogP contribution in [0.15, 0.2) is 40.9 Å². The summed E-state index contributed by atoms with van der Waals surface area (Å²) >= 11 is 3.11. The highest BCUT2D eigenvalue weighted by atomic mass is 79.9. The van der Waals surface area contributed by atoms with Crippen molar-refractivity contribution < 1.29 is 13.9 Å². The summed E-state index contributed by atoms with van der Waals surface area (Å²) in [5, 5.41) is 10.5. The second-order valence-corrected chi connectivity index (χ2v) is 6.02. The van der Waals surface area contributed by atoms with Crippen molar-refractivity contribution in [3.63, 3.8) is 0 Å². The lowest BCUT2D eigenvalue weighted by Gasteiger charge is -2.24. The van der Waals surface area contributed by atoms with Gasteiger partial charge in [-0.05, 0) is 64.7 Å². The van der Waals surface area contributed by atoms with Crippen LogP contribution in [-0.2, 0) is 12.0 Å². The van der Waals surface area contributed by atoms with Gasteiger partial charge in [-0.2, -0.15) is 0 Å². The van der Waals surface area contributed by atoms with E-state index in [0.717, 1.165) is 5.56 Å². The zero-order valence-corrected chi connectivity index (χ0v) is 12.8. The molecule has 0 spiro atoms. The fourth-order valence-corrected chi connectivity index (χ4v) is 2.50. The minimum absolute atomic E-state index is 0.272. The molecule has 4 heteroatoms. The van der Waals surface area contributed by atoms with E-state index in [1.165, 1.54) is 12.1 Å². The van der Waals surface area contributed by atoms with Crippen molar-refractivity contribution in [1.82, 2.24) is 0 Å². The molecule has 0 fully saturated rings. The number of rotatable bonds is 3. The first-order chi connectivity index (χ1) is 9.29. The topological polar surface area (TPSA) is 20.2 Å². The van der Waals surface area contributed by atoms with Crippen LogP contribution < -0.4 is 0 Å². The molecule has 0 amide bonds. The Kier molecular flexibility index (Phi) is 4.25. The molecule has 0 bridgehead atoms. The van der Waals surface area contributed by atoms with Crippen molar-refractivity contribution in [2.75, 3.05) is 0 Å². The number of benzene rings is 2. The van der Waals surface area contributed by atoms with Crippen molar-refractivity contribution in [2.45, 2.75) is 25.9 Å². The van der Waals surface area contributed by atoms with Crippen molar-refractivity contribution in [3.8, 4) is 0 Å². The SMILES string of the molecule is Cc1ccc(C(C)(O)Cc2ccc(F)c(Br)c2)cc1F. The molecule has 0 aliphatic carbocycles.